The lowest BCUT2D eigenvalue weighted by Crippen LogP contribution is -2.51. The molecular formula is C23H25ClN4O2. The number of aromatic nitrogens is 1. The molecule has 0 unspecified atom stereocenters. The summed E-state index contributed by atoms with van der Waals surface area (Å²) in [6.07, 6.45) is 0.774. The van der Waals surface area contributed by atoms with Gasteiger partial charge in [0.25, 0.3) is 5.91 Å². The number of nitrogens with one attached hydrogen (secondary N) is 2. The van der Waals surface area contributed by atoms with Crippen molar-refractivity contribution in [3.63, 3.8) is 0 Å². The maximum absolute atomic E-state index is 12.8. The van der Waals surface area contributed by atoms with Gasteiger partial charge < -0.3 is 15.2 Å². The number of hydrogen-bond donors (Lipinski definition) is 2. The summed E-state index contributed by atoms with van der Waals surface area (Å²) in [5.74, 6) is 0.0256. The van der Waals surface area contributed by atoms with Gasteiger partial charge in [-0.3, -0.25) is 14.5 Å². The lowest BCUT2D eigenvalue weighted by Gasteiger charge is -2.34. The molecular weight excluding hydrogens is 400 g/mol. The van der Waals surface area contributed by atoms with Crippen molar-refractivity contribution in [1.82, 2.24) is 20.1 Å². The average molecular weight is 425 g/mol. The van der Waals surface area contributed by atoms with E-state index in [-0.39, 0.29) is 11.8 Å². The third-order valence-electron chi connectivity index (χ3n) is 5.44. The van der Waals surface area contributed by atoms with Gasteiger partial charge in [-0.25, -0.2) is 0 Å². The van der Waals surface area contributed by atoms with Crippen LogP contribution in [-0.4, -0.2) is 65.9 Å². The van der Waals surface area contributed by atoms with Crippen molar-refractivity contribution in [2.45, 2.75) is 6.42 Å². The summed E-state index contributed by atoms with van der Waals surface area (Å²) in [5.41, 5.74) is 2.73. The van der Waals surface area contributed by atoms with Crippen LogP contribution in [0.2, 0.25) is 5.02 Å². The first kappa shape index (κ1) is 20.4. The van der Waals surface area contributed by atoms with Crippen LogP contribution in [0.5, 0.6) is 0 Å². The van der Waals surface area contributed by atoms with E-state index in [1.807, 2.05) is 59.5 Å². The summed E-state index contributed by atoms with van der Waals surface area (Å²) < 4.78 is 0. The number of hydrogen-bond acceptors (Lipinski definition) is 3. The molecule has 0 saturated carbocycles. The Labute approximate surface area is 180 Å². The molecule has 2 amide bonds. The van der Waals surface area contributed by atoms with Crippen LogP contribution < -0.4 is 5.32 Å². The lowest BCUT2D eigenvalue weighted by atomic mass is 10.1. The van der Waals surface area contributed by atoms with Gasteiger partial charge in [-0.1, -0.05) is 41.9 Å². The molecule has 4 rings (SSSR count). The number of fused-ring (bicyclic) bond motifs is 1. The van der Waals surface area contributed by atoms with Gasteiger partial charge in [-0.05, 0) is 36.2 Å². The third kappa shape index (κ3) is 5.01. The molecule has 2 aromatic carbocycles. The minimum atomic E-state index is 0.0123. The number of amides is 2. The van der Waals surface area contributed by atoms with E-state index < -0.39 is 0 Å². The Morgan fingerprint density at radius 1 is 1.00 bits per heavy atom. The van der Waals surface area contributed by atoms with E-state index in [1.54, 1.807) is 0 Å². The van der Waals surface area contributed by atoms with Gasteiger partial charge in [-0.15, -0.1) is 0 Å². The van der Waals surface area contributed by atoms with E-state index in [1.165, 1.54) is 0 Å². The van der Waals surface area contributed by atoms with Crippen LogP contribution >= 0.6 is 11.6 Å². The van der Waals surface area contributed by atoms with Crippen molar-refractivity contribution in [3.05, 3.63) is 70.9 Å². The van der Waals surface area contributed by atoms with Crippen LogP contribution in [0.15, 0.2) is 54.6 Å². The molecule has 156 valence electrons. The number of carbonyl (C=O) groups is 2. The Kier molecular flexibility index (Phi) is 6.35. The highest BCUT2D eigenvalue weighted by atomic mass is 35.5. The molecule has 1 fully saturated rings. The molecule has 0 spiro atoms. The second-order valence-electron chi connectivity index (χ2n) is 7.57. The van der Waals surface area contributed by atoms with Crippen LogP contribution in [0.1, 0.15) is 16.1 Å². The van der Waals surface area contributed by atoms with E-state index in [0.29, 0.717) is 50.0 Å². The summed E-state index contributed by atoms with van der Waals surface area (Å²) in [7, 11) is 0. The highest BCUT2D eigenvalue weighted by Gasteiger charge is 2.24. The predicted molar refractivity (Wildman–Crippen MR) is 119 cm³/mol. The SMILES string of the molecule is O=C(CN1CCN(C(=O)c2cc3ccccc3[nH]2)CC1)NCCc1ccc(Cl)cc1. The lowest BCUT2D eigenvalue weighted by molar-refractivity contribution is -0.122. The number of nitrogens with zero attached hydrogens (tertiary/aromatic N) is 2. The molecule has 1 aliphatic heterocycles. The fourth-order valence-electron chi connectivity index (χ4n) is 3.72. The Morgan fingerprint density at radius 2 is 1.73 bits per heavy atom. The Bertz CT molecular complexity index is 990. The zero-order valence-corrected chi connectivity index (χ0v) is 17.5. The van der Waals surface area contributed by atoms with Gasteiger partial charge in [0.1, 0.15) is 5.69 Å². The molecule has 2 heterocycles. The monoisotopic (exact) mass is 424 g/mol. The fraction of sp³-hybridized carbons (Fsp3) is 0.304. The van der Waals surface area contributed by atoms with Crippen LogP contribution in [0, 0.1) is 0 Å². The third-order valence-corrected chi connectivity index (χ3v) is 5.69. The van der Waals surface area contributed by atoms with E-state index in [0.717, 1.165) is 22.9 Å². The molecule has 1 aliphatic rings. The molecule has 1 saturated heterocycles. The van der Waals surface area contributed by atoms with Gasteiger partial charge in [0.05, 0.1) is 6.54 Å². The van der Waals surface area contributed by atoms with Gasteiger partial charge in [0.15, 0.2) is 0 Å². The van der Waals surface area contributed by atoms with Crippen LogP contribution in [0.3, 0.4) is 0 Å². The first-order chi connectivity index (χ1) is 14.6. The number of piperazine rings is 1. The Balaban J connectivity index is 1.20. The summed E-state index contributed by atoms with van der Waals surface area (Å²) in [6.45, 7) is 3.57. The highest BCUT2D eigenvalue weighted by molar-refractivity contribution is 6.30. The standard InChI is InChI=1S/C23H25ClN4O2/c24-19-7-5-17(6-8-19)9-10-25-22(29)16-27-11-13-28(14-12-27)23(30)21-15-18-3-1-2-4-20(18)26-21/h1-8,15,26H,9-14,16H2,(H,25,29). The number of para-hydroxylation sites is 1. The molecule has 2 N–H and O–H groups in total. The molecule has 0 aliphatic carbocycles. The number of halogens is 1. The van der Waals surface area contributed by atoms with Gasteiger partial charge in [0, 0.05) is 48.6 Å². The fourth-order valence-corrected chi connectivity index (χ4v) is 3.85. The zero-order chi connectivity index (χ0) is 20.9. The molecule has 30 heavy (non-hydrogen) atoms. The molecule has 6 nitrogen and oxygen atoms in total. The van der Waals surface area contributed by atoms with Crippen molar-refractivity contribution >= 4 is 34.3 Å². The minimum absolute atomic E-state index is 0.0123. The van der Waals surface area contributed by atoms with Gasteiger partial charge >= 0.3 is 0 Å². The first-order valence-corrected chi connectivity index (χ1v) is 10.6. The van der Waals surface area contributed by atoms with Gasteiger partial charge in [0.2, 0.25) is 5.91 Å². The van der Waals surface area contributed by atoms with Crippen molar-refractivity contribution in [2.75, 3.05) is 39.3 Å². The Morgan fingerprint density at radius 3 is 2.47 bits per heavy atom. The van der Waals surface area contributed by atoms with E-state index >= 15 is 0 Å². The molecule has 7 heteroatoms. The van der Waals surface area contributed by atoms with Crippen molar-refractivity contribution < 1.29 is 9.59 Å². The maximum atomic E-state index is 12.8. The average Bonchev–Trinajstić information content (AvgIpc) is 3.19. The molecule has 1 aromatic heterocycles. The molecule has 3 aromatic rings. The smallest absolute Gasteiger partial charge is 0.270 e. The number of aromatic amines is 1. The number of benzene rings is 2. The summed E-state index contributed by atoms with van der Waals surface area (Å²) in [5, 5.41) is 4.72. The second-order valence-corrected chi connectivity index (χ2v) is 8.00. The topological polar surface area (TPSA) is 68.4 Å². The van der Waals surface area contributed by atoms with Crippen LogP contribution in [0.25, 0.3) is 10.9 Å². The van der Waals surface area contributed by atoms with Crippen LogP contribution in [0.4, 0.5) is 0 Å². The number of carbonyl (C=O) groups excluding carboxylic acids is 2. The van der Waals surface area contributed by atoms with Gasteiger partial charge in [-0.2, -0.15) is 0 Å². The normalized spacial score (nSPS) is 14.8. The van der Waals surface area contributed by atoms with Crippen molar-refractivity contribution in [2.24, 2.45) is 0 Å². The minimum Gasteiger partial charge on any atom is -0.355 e. The van der Waals surface area contributed by atoms with E-state index in [4.69, 9.17) is 11.6 Å². The molecule has 0 bridgehead atoms. The van der Waals surface area contributed by atoms with Crippen molar-refractivity contribution in [3.8, 4) is 0 Å². The second kappa shape index (κ2) is 9.32. The summed E-state index contributed by atoms with van der Waals surface area (Å²) >= 11 is 5.89. The van der Waals surface area contributed by atoms with Crippen LogP contribution in [-0.2, 0) is 11.2 Å². The quantitative estimate of drug-likeness (QED) is 0.639. The summed E-state index contributed by atoms with van der Waals surface area (Å²) in [6, 6.07) is 17.4. The number of rotatable bonds is 6. The molecule has 0 radical (unpaired) electrons. The first-order valence-electron chi connectivity index (χ1n) is 10.2. The Hall–Kier alpha value is -2.83. The maximum Gasteiger partial charge on any atom is 0.270 e. The summed E-state index contributed by atoms with van der Waals surface area (Å²) in [4.78, 5) is 32.2. The van der Waals surface area contributed by atoms with E-state index in [9.17, 15) is 9.59 Å². The predicted octanol–water partition coefficient (Wildman–Crippen LogP) is 2.94. The highest BCUT2D eigenvalue weighted by Crippen LogP contribution is 2.17. The molecule has 0 atom stereocenters. The van der Waals surface area contributed by atoms with E-state index in [2.05, 4.69) is 15.2 Å². The zero-order valence-electron chi connectivity index (χ0n) is 16.7. The largest absolute Gasteiger partial charge is 0.355 e. The van der Waals surface area contributed by atoms with Crippen molar-refractivity contribution in [1.29, 1.82) is 0 Å². The number of H-pyrrole nitrogens is 1.